The van der Waals surface area contributed by atoms with Gasteiger partial charge in [-0.15, -0.1) is 0 Å². The lowest BCUT2D eigenvalue weighted by molar-refractivity contribution is -0.127. The van der Waals surface area contributed by atoms with Gasteiger partial charge in [-0.2, -0.15) is 5.26 Å². The highest BCUT2D eigenvalue weighted by Crippen LogP contribution is 2.10. The zero-order valence-electron chi connectivity index (χ0n) is 11.4. The van der Waals surface area contributed by atoms with Gasteiger partial charge in [0.1, 0.15) is 0 Å². The van der Waals surface area contributed by atoms with Gasteiger partial charge in [-0.1, -0.05) is 13.8 Å². The monoisotopic (exact) mass is 254 g/mol. The van der Waals surface area contributed by atoms with Crippen molar-refractivity contribution < 1.29 is 9.59 Å². The molecule has 0 aromatic rings. The Kier molecular flexibility index (Phi) is 6.34. The summed E-state index contributed by atoms with van der Waals surface area (Å²) in [4.78, 5) is 22.9. The normalized spacial score (nSPS) is 12.7. The molecule has 2 amide bonds. The third-order valence-corrected chi connectivity index (χ3v) is 2.47. The molecule has 0 unspecified atom stereocenters. The first-order chi connectivity index (χ1) is 8.19. The second kappa shape index (κ2) is 6.97. The molecule has 0 saturated heterocycles. The van der Waals surface area contributed by atoms with Crippen LogP contribution in [0.15, 0.2) is 0 Å². The van der Waals surface area contributed by atoms with Crippen molar-refractivity contribution >= 4 is 11.8 Å². The number of nitrogens with two attached hydrogens (primary N) is 1. The Morgan fingerprint density at radius 2 is 1.89 bits per heavy atom. The fraction of sp³-hybridized carbons (Fsp3) is 0.750. The minimum absolute atomic E-state index is 0.0191. The molecule has 0 aromatic carbocycles. The van der Waals surface area contributed by atoms with E-state index in [0.717, 1.165) is 0 Å². The highest BCUT2D eigenvalue weighted by atomic mass is 16.2. The van der Waals surface area contributed by atoms with Crippen molar-refractivity contribution in [3.63, 3.8) is 0 Å². The summed E-state index contributed by atoms with van der Waals surface area (Å²) < 4.78 is 0. The molecule has 0 rings (SSSR count). The van der Waals surface area contributed by atoms with Crippen molar-refractivity contribution in [3.05, 3.63) is 0 Å². The van der Waals surface area contributed by atoms with Crippen LogP contribution >= 0.6 is 0 Å². The minimum Gasteiger partial charge on any atom is -0.353 e. The zero-order valence-corrected chi connectivity index (χ0v) is 11.4. The van der Waals surface area contributed by atoms with E-state index in [1.165, 1.54) is 0 Å². The Hall–Kier alpha value is -1.61. The molecule has 0 aliphatic carbocycles. The van der Waals surface area contributed by atoms with E-state index in [-0.39, 0.29) is 30.8 Å². The van der Waals surface area contributed by atoms with Crippen molar-refractivity contribution in [1.29, 1.82) is 5.26 Å². The van der Waals surface area contributed by atoms with Gasteiger partial charge >= 0.3 is 0 Å². The third-order valence-electron chi connectivity index (χ3n) is 2.47. The average Bonchev–Trinajstić information content (AvgIpc) is 2.32. The molecule has 0 aromatic heterocycles. The van der Waals surface area contributed by atoms with Gasteiger partial charge < -0.3 is 16.4 Å². The first-order valence-electron chi connectivity index (χ1n) is 5.91. The Bertz CT molecular complexity index is 344. The largest absolute Gasteiger partial charge is 0.353 e. The van der Waals surface area contributed by atoms with E-state index in [2.05, 4.69) is 16.7 Å². The van der Waals surface area contributed by atoms with Gasteiger partial charge in [0.15, 0.2) is 0 Å². The molecule has 6 heteroatoms. The van der Waals surface area contributed by atoms with Crippen LogP contribution in [-0.4, -0.2) is 30.9 Å². The number of rotatable bonds is 6. The van der Waals surface area contributed by atoms with E-state index >= 15 is 0 Å². The van der Waals surface area contributed by atoms with Crippen LogP contribution in [0.1, 0.15) is 27.7 Å². The van der Waals surface area contributed by atoms with Crippen LogP contribution in [0.2, 0.25) is 0 Å². The van der Waals surface area contributed by atoms with Gasteiger partial charge in [0.05, 0.1) is 24.1 Å². The molecule has 0 aliphatic rings. The lowest BCUT2D eigenvalue weighted by atomic mass is 9.96. The highest BCUT2D eigenvalue weighted by Gasteiger charge is 2.19. The molecule has 102 valence electrons. The number of amides is 2. The average molecular weight is 254 g/mol. The molecule has 0 aliphatic heterocycles. The Labute approximate surface area is 108 Å². The summed E-state index contributed by atoms with van der Waals surface area (Å²) in [6, 6.07) is 1.46. The molecule has 6 nitrogen and oxygen atoms in total. The van der Waals surface area contributed by atoms with Crippen LogP contribution in [0.5, 0.6) is 0 Å². The lowest BCUT2D eigenvalue weighted by Gasteiger charge is -2.17. The fourth-order valence-corrected chi connectivity index (χ4v) is 1.01. The summed E-state index contributed by atoms with van der Waals surface area (Å²) >= 11 is 0. The molecule has 0 radical (unpaired) electrons. The first kappa shape index (κ1) is 16.4. The van der Waals surface area contributed by atoms with Crippen molar-refractivity contribution in [1.82, 2.24) is 10.6 Å². The highest BCUT2D eigenvalue weighted by molar-refractivity contribution is 5.87. The van der Waals surface area contributed by atoms with E-state index in [9.17, 15) is 9.59 Å². The number of nitriles is 1. The Balaban J connectivity index is 3.99. The van der Waals surface area contributed by atoms with E-state index in [1.54, 1.807) is 13.8 Å². The van der Waals surface area contributed by atoms with Crippen LogP contribution in [0.25, 0.3) is 0 Å². The van der Waals surface area contributed by atoms with E-state index < -0.39 is 11.5 Å². The second-order valence-corrected chi connectivity index (χ2v) is 5.26. The topological polar surface area (TPSA) is 108 Å². The maximum absolute atomic E-state index is 11.5. The number of hydrogen-bond acceptors (Lipinski definition) is 4. The van der Waals surface area contributed by atoms with Crippen LogP contribution in [0.3, 0.4) is 0 Å². The zero-order chi connectivity index (χ0) is 14.3. The fourth-order valence-electron chi connectivity index (χ4n) is 1.01. The van der Waals surface area contributed by atoms with Crippen LogP contribution in [-0.2, 0) is 9.59 Å². The van der Waals surface area contributed by atoms with Crippen LogP contribution in [0, 0.1) is 22.7 Å². The maximum Gasteiger partial charge on any atom is 0.239 e. The van der Waals surface area contributed by atoms with Gasteiger partial charge in [0.2, 0.25) is 11.8 Å². The second-order valence-electron chi connectivity index (χ2n) is 5.26. The number of carbonyl (C=O) groups is 2. The Morgan fingerprint density at radius 1 is 1.33 bits per heavy atom. The van der Waals surface area contributed by atoms with Gasteiger partial charge in [-0.05, 0) is 19.8 Å². The third kappa shape index (κ3) is 6.21. The molecule has 0 spiro atoms. The summed E-state index contributed by atoms with van der Waals surface area (Å²) in [5.74, 6) is -0.659. The maximum atomic E-state index is 11.5. The molecule has 18 heavy (non-hydrogen) atoms. The minimum atomic E-state index is -0.617. The molecule has 0 heterocycles. The van der Waals surface area contributed by atoms with E-state index in [0.29, 0.717) is 0 Å². The SMILES string of the molecule is CC(C)[C@H](N)C(=O)NCC(=O)NCC(C)(C)C#N. The number of nitrogens with zero attached hydrogens (tertiary/aromatic N) is 1. The number of nitrogens with one attached hydrogen (secondary N) is 2. The van der Waals surface area contributed by atoms with E-state index in [1.807, 2.05) is 13.8 Å². The summed E-state index contributed by atoms with van der Waals surface area (Å²) in [5, 5.41) is 13.8. The molecular formula is C12H22N4O2. The predicted octanol–water partition coefficient (Wildman–Crippen LogP) is -0.248. The van der Waals surface area contributed by atoms with Crippen LogP contribution < -0.4 is 16.4 Å². The smallest absolute Gasteiger partial charge is 0.239 e. The van der Waals surface area contributed by atoms with Gasteiger partial charge in [0, 0.05) is 6.54 Å². The molecule has 0 bridgehead atoms. The molecule has 1 atom stereocenters. The first-order valence-corrected chi connectivity index (χ1v) is 5.91. The van der Waals surface area contributed by atoms with Crippen molar-refractivity contribution in [2.45, 2.75) is 33.7 Å². The predicted molar refractivity (Wildman–Crippen MR) is 68.2 cm³/mol. The molecular weight excluding hydrogens is 232 g/mol. The molecule has 4 N–H and O–H groups in total. The van der Waals surface area contributed by atoms with Gasteiger partial charge in [-0.25, -0.2) is 0 Å². The van der Waals surface area contributed by atoms with Crippen LogP contribution in [0.4, 0.5) is 0 Å². The Morgan fingerprint density at radius 3 is 2.33 bits per heavy atom. The number of hydrogen-bond donors (Lipinski definition) is 3. The van der Waals surface area contributed by atoms with Crippen molar-refractivity contribution in [3.8, 4) is 6.07 Å². The molecule has 0 saturated carbocycles. The standard InChI is InChI=1S/C12H22N4O2/c1-8(2)10(14)11(18)15-5-9(17)16-7-12(3,4)6-13/h8,10H,5,7,14H2,1-4H3,(H,15,18)(H,16,17)/t10-/m0/s1. The quantitative estimate of drug-likeness (QED) is 0.607. The summed E-state index contributed by atoms with van der Waals surface area (Å²) in [7, 11) is 0. The van der Waals surface area contributed by atoms with Crippen molar-refractivity contribution in [2.75, 3.05) is 13.1 Å². The molecule has 0 fully saturated rings. The lowest BCUT2D eigenvalue weighted by Crippen LogP contribution is -2.47. The van der Waals surface area contributed by atoms with Crippen molar-refractivity contribution in [2.24, 2.45) is 17.1 Å². The summed E-state index contributed by atoms with van der Waals surface area (Å²) in [5.41, 5.74) is 5.01. The van der Waals surface area contributed by atoms with E-state index in [4.69, 9.17) is 11.0 Å². The summed E-state index contributed by atoms with van der Waals surface area (Å²) in [6.45, 7) is 7.23. The van der Waals surface area contributed by atoms with Gasteiger partial charge in [-0.3, -0.25) is 9.59 Å². The van der Waals surface area contributed by atoms with Gasteiger partial charge in [0.25, 0.3) is 0 Å². The summed E-state index contributed by atoms with van der Waals surface area (Å²) in [6.07, 6.45) is 0. The number of carbonyl (C=O) groups excluding carboxylic acids is 2.